The molecule has 21 heavy (non-hydrogen) atoms. The summed E-state index contributed by atoms with van der Waals surface area (Å²) in [6.07, 6.45) is 5.81. The molecule has 1 aliphatic carbocycles. The zero-order valence-corrected chi connectivity index (χ0v) is 12.1. The van der Waals surface area contributed by atoms with Crippen LogP contribution in [0.25, 0.3) is 0 Å². The molecule has 0 unspecified atom stereocenters. The van der Waals surface area contributed by atoms with E-state index in [4.69, 9.17) is 0 Å². The van der Waals surface area contributed by atoms with Crippen molar-refractivity contribution in [1.82, 2.24) is 25.1 Å². The van der Waals surface area contributed by atoms with Crippen LogP contribution in [0.5, 0.6) is 0 Å². The molecule has 3 rings (SSSR count). The van der Waals surface area contributed by atoms with Gasteiger partial charge >= 0.3 is 0 Å². The van der Waals surface area contributed by atoms with Crippen molar-refractivity contribution >= 4 is 5.91 Å². The third kappa shape index (κ3) is 3.65. The van der Waals surface area contributed by atoms with Crippen molar-refractivity contribution in [3.8, 4) is 0 Å². The predicted molar refractivity (Wildman–Crippen MR) is 77.2 cm³/mol. The summed E-state index contributed by atoms with van der Waals surface area (Å²) in [5.41, 5.74) is 1.95. The lowest BCUT2D eigenvalue weighted by atomic mass is 10.1. The minimum absolute atomic E-state index is 0.0331. The number of amides is 1. The van der Waals surface area contributed by atoms with E-state index >= 15 is 0 Å². The number of aromatic nitrogens is 4. The van der Waals surface area contributed by atoms with Gasteiger partial charge in [-0.2, -0.15) is 5.10 Å². The lowest BCUT2D eigenvalue weighted by Crippen LogP contribution is -2.31. The van der Waals surface area contributed by atoms with Gasteiger partial charge in [-0.3, -0.25) is 14.5 Å². The average Bonchev–Trinajstić information content (AvgIpc) is 3.18. The molecule has 1 atom stereocenters. The quantitative estimate of drug-likeness (QED) is 0.875. The smallest absolute Gasteiger partial charge is 0.222 e. The van der Waals surface area contributed by atoms with Crippen LogP contribution in [-0.4, -0.2) is 25.7 Å². The highest BCUT2D eigenvalue weighted by Crippen LogP contribution is 2.40. The van der Waals surface area contributed by atoms with Gasteiger partial charge in [0.2, 0.25) is 5.91 Å². The van der Waals surface area contributed by atoms with Gasteiger partial charge in [-0.15, -0.1) is 0 Å². The minimum atomic E-state index is 0.0331. The first-order chi connectivity index (χ1) is 10.2. The summed E-state index contributed by atoms with van der Waals surface area (Å²) in [4.78, 5) is 20.6. The molecule has 1 aliphatic rings. The molecule has 1 N–H and O–H groups in total. The Balaban J connectivity index is 1.61. The molecule has 1 saturated carbocycles. The van der Waals surface area contributed by atoms with Gasteiger partial charge in [0.15, 0.2) is 0 Å². The fraction of sp³-hybridized carbons (Fsp3) is 0.467. The summed E-state index contributed by atoms with van der Waals surface area (Å²) >= 11 is 0. The van der Waals surface area contributed by atoms with Crippen molar-refractivity contribution < 1.29 is 4.79 Å². The first-order valence-corrected chi connectivity index (χ1v) is 7.28. The highest BCUT2D eigenvalue weighted by atomic mass is 16.1. The average molecular weight is 285 g/mol. The van der Waals surface area contributed by atoms with Crippen LogP contribution < -0.4 is 5.32 Å². The molecule has 2 aromatic heterocycles. The first-order valence-electron chi connectivity index (χ1n) is 7.28. The predicted octanol–water partition coefficient (Wildman–Crippen LogP) is 1.64. The Bertz CT molecular complexity index is 606. The standard InChI is InChI=1S/C15H19N5O/c1-11-3-2-4-13(18-11)15(12-5-6-12)19-14(21)7-8-20-10-16-9-17-20/h2-4,9-10,12,15H,5-8H2,1H3,(H,19,21)/t15-/m0/s1. The maximum atomic E-state index is 12.1. The molecule has 0 saturated heterocycles. The second-order valence-electron chi connectivity index (χ2n) is 5.50. The van der Waals surface area contributed by atoms with E-state index in [1.54, 1.807) is 11.0 Å². The van der Waals surface area contributed by atoms with Crippen molar-refractivity contribution in [2.45, 2.75) is 38.8 Å². The lowest BCUT2D eigenvalue weighted by Gasteiger charge is -2.18. The highest BCUT2D eigenvalue weighted by molar-refractivity contribution is 5.76. The zero-order valence-electron chi connectivity index (χ0n) is 12.1. The van der Waals surface area contributed by atoms with E-state index < -0.39 is 0 Å². The molecule has 0 radical (unpaired) electrons. The van der Waals surface area contributed by atoms with E-state index in [2.05, 4.69) is 20.4 Å². The van der Waals surface area contributed by atoms with Crippen LogP contribution in [0.1, 0.15) is 36.7 Å². The van der Waals surface area contributed by atoms with Crippen LogP contribution in [0.4, 0.5) is 0 Å². The highest BCUT2D eigenvalue weighted by Gasteiger charge is 2.34. The number of nitrogens with zero attached hydrogens (tertiary/aromatic N) is 4. The fourth-order valence-corrected chi connectivity index (χ4v) is 2.41. The molecule has 110 valence electrons. The summed E-state index contributed by atoms with van der Waals surface area (Å²) < 4.78 is 1.66. The SMILES string of the molecule is Cc1cccc([C@@H](NC(=O)CCn2cncn2)C2CC2)n1. The topological polar surface area (TPSA) is 72.7 Å². The number of aryl methyl sites for hydroxylation is 2. The third-order valence-corrected chi connectivity index (χ3v) is 3.67. The van der Waals surface area contributed by atoms with Gasteiger partial charge in [0, 0.05) is 12.1 Å². The molecule has 0 bridgehead atoms. The molecule has 6 nitrogen and oxygen atoms in total. The van der Waals surface area contributed by atoms with E-state index in [0.717, 1.165) is 24.2 Å². The third-order valence-electron chi connectivity index (χ3n) is 3.67. The Hall–Kier alpha value is -2.24. The number of hydrogen-bond acceptors (Lipinski definition) is 4. The monoisotopic (exact) mass is 285 g/mol. The van der Waals surface area contributed by atoms with Gasteiger partial charge in [0.1, 0.15) is 12.7 Å². The summed E-state index contributed by atoms with van der Waals surface area (Å²) in [6, 6.07) is 6.00. The molecule has 1 amide bonds. The van der Waals surface area contributed by atoms with E-state index in [9.17, 15) is 4.79 Å². The molecular weight excluding hydrogens is 266 g/mol. The van der Waals surface area contributed by atoms with Crippen LogP contribution in [0.3, 0.4) is 0 Å². The van der Waals surface area contributed by atoms with Crippen LogP contribution >= 0.6 is 0 Å². The number of carbonyl (C=O) groups is 1. The largest absolute Gasteiger partial charge is 0.347 e. The number of pyridine rings is 1. The number of hydrogen-bond donors (Lipinski definition) is 1. The minimum Gasteiger partial charge on any atom is -0.347 e. The van der Waals surface area contributed by atoms with E-state index in [0.29, 0.717) is 18.9 Å². The molecular formula is C15H19N5O. The zero-order chi connectivity index (χ0) is 14.7. The molecule has 2 heterocycles. The van der Waals surface area contributed by atoms with Crippen LogP contribution in [0.15, 0.2) is 30.9 Å². The van der Waals surface area contributed by atoms with Gasteiger partial charge in [-0.25, -0.2) is 4.98 Å². The number of rotatable bonds is 6. The summed E-state index contributed by atoms with van der Waals surface area (Å²) in [6.45, 7) is 2.52. The van der Waals surface area contributed by atoms with Gasteiger partial charge in [0.05, 0.1) is 18.3 Å². The van der Waals surface area contributed by atoms with Gasteiger partial charge in [0.25, 0.3) is 0 Å². The fourth-order valence-electron chi connectivity index (χ4n) is 2.41. The molecule has 0 aromatic carbocycles. The molecule has 0 spiro atoms. The summed E-state index contributed by atoms with van der Waals surface area (Å²) in [7, 11) is 0. The second kappa shape index (κ2) is 6.03. The van der Waals surface area contributed by atoms with Crippen molar-refractivity contribution in [2.24, 2.45) is 5.92 Å². The summed E-state index contributed by atoms with van der Waals surface area (Å²) in [5.74, 6) is 0.556. The normalized spacial score (nSPS) is 15.7. The van der Waals surface area contributed by atoms with Crippen LogP contribution in [0.2, 0.25) is 0 Å². The van der Waals surface area contributed by atoms with Gasteiger partial charge in [-0.1, -0.05) is 6.07 Å². The molecule has 6 heteroatoms. The van der Waals surface area contributed by atoms with Crippen molar-refractivity contribution in [3.05, 3.63) is 42.2 Å². The molecule has 0 aliphatic heterocycles. The van der Waals surface area contributed by atoms with Gasteiger partial charge in [-0.05, 0) is 37.8 Å². The first kappa shape index (κ1) is 13.7. The van der Waals surface area contributed by atoms with Crippen LogP contribution in [0, 0.1) is 12.8 Å². The Morgan fingerprint density at radius 1 is 1.48 bits per heavy atom. The maximum absolute atomic E-state index is 12.1. The van der Waals surface area contributed by atoms with E-state index in [1.807, 2.05) is 25.1 Å². The van der Waals surface area contributed by atoms with Crippen LogP contribution in [-0.2, 0) is 11.3 Å². The Kier molecular flexibility index (Phi) is 3.94. The van der Waals surface area contributed by atoms with Gasteiger partial charge < -0.3 is 5.32 Å². The number of nitrogens with one attached hydrogen (secondary N) is 1. The Labute approximate surface area is 123 Å². The van der Waals surface area contributed by atoms with E-state index in [1.165, 1.54) is 6.33 Å². The summed E-state index contributed by atoms with van der Waals surface area (Å²) in [5, 5.41) is 7.12. The van der Waals surface area contributed by atoms with E-state index in [-0.39, 0.29) is 11.9 Å². The Morgan fingerprint density at radius 2 is 2.33 bits per heavy atom. The second-order valence-corrected chi connectivity index (χ2v) is 5.50. The maximum Gasteiger partial charge on any atom is 0.222 e. The van der Waals surface area contributed by atoms with Crippen molar-refractivity contribution in [1.29, 1.82) is 0 Å². The molecule has 2 aromatic rings. The number of carbonyl (C=O) groups excluding carboxylic acids is 1. The van der Waals surface area contributed by atoms with Crippen molar-refractivity contribution in [2.75, 3.05) is 0 Å². The molecule has 1 fully saturated rings. The Morgan fingerprint density at radius 3 is 3.00 bits per heavy atom. The van der Waals surface area contributed by atoms with Crippen molar-refractivity contribution in [3.63, 3.8) is 0 Å². The lowest BCUT2D eigenvalue weighted by molar-refractivity contribution is -0.122.